The highest BCUT2D eigenvalue weighted by Gasteiger charge is 2.21. The zero-order valence-corrected chi connectivity index (χ0v) is 19.2. The van der Waals surface area contributed by atoms with Crippen LogP contribution in [0.4, 0.5) is 0 Å². The molecule has 0 fully saturated rings. The molecule has 1 amide bonds. The minimum atomic E-state index is -0.485. The zero-order chi connectivity index (χ0) is 23.3. The molecule has 0 bridgehead atoms. The van der Waals surface area contributed by atoms with Crippen LogP contribution in [0.1, 0.15) is 34.7 Å². The molecule has 2 N–H and O–H groups in total. The first-order valence-corrected chi connectivity index (χ1v) is 11.1. The second-order valence-electron chi connectivity index (χ2n) is 8.89. The molecular formula is C27H26N2O4. The Morgan fingerprint density at radius 2 is 1.91 bits per heavy atom. The number of furan rings is 1. The van der Waals surface area contributed by atoms with Crippen LogP contribution >= 0.6 is 0 Å². The third kappa shape index (κ3) is 3.61. The van der Waals surface area contributed by atoms with Gasteiger partial charge in [-0.1, -0.05) is 18.2 Å². The predicted octanol–water partition coefficient (Wildman–Crippen LogP) is 5.24. The van der Waals surface area contributed by atoms with Gasteiger partial charge in [-0.25, -0.2) is 4.79 Å². The van der Waals surface area contributed by atoms with Crippen LogP contribution in [-0.4, -0.2) is 16.9 Å². The summed E-state index contributed by atoms with van der Waals surface area (Å²) in [5.41, 5.74) is 6.01. The summed E-state index contributed by atoms with van der Waals surface area (Å²) in [7, 11) is 0. The molecular weight excluding hydrogens is 416 g/mol. The number of nitrogens with one attached hydrogen (secondary N) is 2. The SMILES string of the molecule is Cc1coc2c1c(C)cc1oc(=O)c(CC(=O)NC(C)Cc3c[nH]c4ccccc34)c(C)c12. The summed E-state index contributed by atoms with van der Waals surface area (Å²) in [6, 6.07) is 9.86. The number of H-pyrrole nitrogens is 1. The second-order valence-corrected chi connectivity index (χ2v) is 8.89. The number of aromatic nitrogens is 1. The van der Waals surface area contributed by atoms with E-state index in [1.54, 1.807) is 6.26 Å². The van der Waals surface area contributed by atoms with Crippen molar-refractivity contribution in [3.05, 3.63) is 81.0 Å². The number of rotatable bonds is 5. The molecule has 0 aliphatic carbocycles. The topological polar surface area (TPSA) is 88.2 Å². The van der Waals surface area contributed by atoms with Crippen molar-refractivity contribution in [2.75, 3.05) is 0 Å². The summed E-state index contributed by atoms with van der Waals surface area (Å²) in [6.45, 7) is 7.77. The van der Waals surface area contributed by atoms with Gasteiger partial charge in [0.05, 0.1) is 23.6 Å². The molecule has 0 saturated heterocycles. The molecule has 168 valence electrons. The van der Waals surface area contributed by atoms with Gasteiger partial charge in [-0.3, -0.25) is 4.79 Å². The Morgan fingerprint density at radius 1 is 1.12 bits per heavy atom. The Labute approximate surface area is 190 Å². The maximum atomic E-state index is 12.9. The smallest absolute Gasteiger partial charge is 0.340 e. The van der Waals surface area contributed by atoms with Crippen molar-refractivity contribution in [2.45, 2.75) is 46.6 Å². The van der Waals surface area contributed by atoms with Gasteiger partial charge in [0.2, 0.25) is 5.91 Å². The van der Waals surface area contributed by atoms with Crippen molar-refractivity contribution in [3.8, 4) is 0 Å². The first-order valence-electron chi connectivity index (χ1n) is 11.1. The van der Waals surface area contributed by atoms with E-state index >= 15 is 0 Å². The van der Waals surface area contributed by atoms with Crippen LogP contribution in [0.5, 0.6) is 0 Å². The fourth-order valence-corrected chi connectivity index (χ4v) is 4.84. The van der Waals surface area contributed by atoms with Gasteiger partial charge in [0.25, 0.3) is 0 Å². The lowest BCUT2D eigenvalue weighted by Crippen LogP contribution is -2.36. The summed E-state index contributed by atoms with van der Waals surface area (Å²) in [4.78, 5) is 28.9. The lowest BCUT2D eigenvalue weighted by atomic mass is 9.98. The molecule has 2 aromatic carbocycles. The van der Waals surface area contributed by atoms with Gasteiger partial charge in [0.15, 0.2) is 0 Å². The number of hydrogen-bond donors (Lipinski definition) is 2. The summed E-state index contributed by atoms with van der Waals surface area (Å²) < 4.78 is 11.4. The van der Waals surface area contributed by atoms with E-state index in [1.165, 1.54) is 0 Å². The van der Waals surface area contributed by atoms with E-state index in [2.05, 4.69) is 16.4 Å². The molecule has 0 aliphatic heterocycles. The number of aromatic amines is 1. The molecule has 1 unspecified atom stereocenters. The maximum absolute atomic E-state index is 12.9. The Balaban J connectivity index is 1.41. The van der Waals surface area contributed by atoms with Crippen LogP contribution in [-0.2, 0) is 17.6 Å². The maximum Gasteiger partial charge on any atom is 0.340 e. The molecule has 6 nitrogen and oxygen atoms in total. The summed E-state index contributed by atoms with van der Waals surface area (Å²) in [6.07, 6.45) is 4.33. The van der Waals surface area contributed by atoms with Crippen LogP contribution in [0, 0.1) is 20.8 Å². The van der Waals surface area contributed by atoms with Crippen LogP contribution in [0.3, 0.4) is 0 Å². The Bertz CT molecular complexity index is 1590. The molecule has 5 aromatic rings. The second kappa shape index (κ2) is 7.96. The van der Waals surface area contributed by atoms with E-state index < -0.39 is 5.63 Å². The summed E-state index contributed by atoms with van der Waals surface area (Å²) >= 11 is 0. The minimum Gasteiger partial charge on any atom is -0.463 e. The molecule has 1 atom stereocenters. The number of benzene rings is 2. The fourth-order valence-electron chi connectivity index (χ4n) is 4.84. The van der Waals surface area contributed by atoms with Gasteiger partial charge in [-0.15, -0.1) is 0 Å². The molecule has 33 heavy (non-hydrogen) atoms. The van der Waals surface area contributed by atoms with Crippen LogP contribution < -0.4 is 10.9 Å². The zero-order valence-electron chi connectivity index (χ0n) is 19.2. The quantitative estimate of drug-likeness (QED) is 0.365. The standard InChI is InChI=1S/C27H26N2O4/c1-14-9-22-25(26-24(14)15(2)13-32-26)17(4)20(27(31)33-22)11-23(30)29-16(3)10-18-12-28-21-8-6-5-7-19(18)21/h5-9,12-13,16,28H,10-11H2,1-4H3,(H,29,30). The van der Waals surface area contributed by atoms with Crippen LogP contribution in [0.25, 0.3) is 32.8 Å². The molecule has 3 aromatic heterocycles. The van der Waals surface area contributed by atoms with Gasteiger partial charge in [-0.2, -0.15) is 0 Å². The number of carbonyl (C=O) groups is 1. The van der Waals surface area contributed by atoms with Crippen LogP contribution in [0.15, 0.2) is 56.4 Å². The van der Waals surface area contributed by atoms with Crippen molar-refractivity contribution in [1.82, 2.24) is 10.3 Å². The number of para-hydroxylation sites is 1. The number of amides is 1. The highest BCUT2D eigenvalue weighted by Crippen LogP contribution is 2.34. The van der Waals surface area contributed by atoms with E-state index in [0.29, 0.717) is 23.2 Å². The number of aryl methyl sites for hydroxylation is 3. The van der Waals surface area contributed by atoms with Gasteiger partial charge in [-0.05, 0) is 68.5 Å². The van der Waals surface area contributed by atoms with Gasteiger partial charge in [0, 0.05) is 28.5 Å². The average molecular weight is 443 g/mol. The lowest BCUT2D eigenvalue weighted by Gasteiger charge is -2.14. The normalized spacial score (nSPS) is 12.6. The molecule has 0 radical (unpaired) electrons. The van der Waals surface area contributed by atoms with Crippen LogP contribution in [0.2, 0.25) is 0 Å². The third-order valence-electron chi connectivity index (χ3n) is 6.41. The van der Waals surface area contributed by atoms with E-state index in [0.717, 1.165) is 43.9 Å². The van der Waals surface area contributed by atoms with Gasteiger partial charge < -0.3 is 19.1 Å². The molecule has 0 aliphatic rings. The van der Waals surface area contributed by atoms with Crippen molar-refractivity contribution in [2.24, 2.45) is 0 Å². The number of fused-ring (bicyclic) bond motifs is 4. The summed E-state index contributed by atoms with van der Waals surface area (Å²) in [5.74, 6) is -0.212. The van der Waals surface area contributed by atoms with E-state index in [1.807, 2.05) is 58.2 Å². The van der Waals surface area contributed by atoms with Crippen molar-refractivity contribution in [3.63, 3.8) is 0 Å². The molecule has 5 rings (SSSR count). The average Bonchev–Trinajstić information content (AvgIpc) is 3.35. The van der Waals surface area contributed by atoms with E-state index in [-0.39, 0.29) is 18.4 Å². The molecule has 3 heterocycles. The fraction of sp³-hybridized carbons (Fsp3) is 0.259. The Hall–Kier alpha value is -3.80. The van der Waals surface area contributed by atoms with Crippen molar-refractivity contribution >= 4 is 38.7 Å². The monoisotopic (exact) mass is 442 g/mol. The number of hydrogen-bond acceptors (Lipinski definition) is 4. The molecule has 6 heteroatoms. The first kappa shape index (κ1) is 21.1. The molecule has 0 spiro atoms. The highest BCUT2D eigenvalue weighted by atomic mass is 16.4. The lowest BCUT2D eigenvalue weighted by molar-refractivity contribution is -0.121. The van der Waals surface area contributed by atoms with Crippen molar-refractivity contribution < 1.29 is 13.6 Å². The predicted molar refractivity (Wildman–Crippen MR) is 130 cm³/mol. The highest BCUT2D eigenvalue weighted by molar-refractivity contribution is 6.07. The van der Waals surface area contributed by atoms with E-state index in [4.69, 9.17) is 8.83 Å². The van der Waals surface area contributed by atoms with Gasteiger partial charge in [0.1, 0.15) is 11.2 Å². The van der Waals surface area contributed by atoms with Gasteiger partial charge >= 0.3 is 5.63 Å². The van der Waals surface area contributed by atoms with E-state index in [9.17, 15) is 9.59 Å². The first-order chi connectivity index (χ1) is 15.8. The third-order valence-corrected chi connectivity index (χ3v) is 6.41. The largest absolute Gasteiger partial charge is 0.463 e. The minimum absolute atomic E-state index is 0.0443. The molecule has 0 saturated carbocycles. The Morgan fingerprint density at radius 3 is 2.73 bits per heavy atom. The summed E-state index contributed by atoms with van der Waals surface area (Å²) in [5, 5.41) is 5.94. The van der Waals surface area contributed by atoms with Crippen molar-refractivity contribution in [1.29, 1.82) is 0 Å². The number of carbonyl (C=O) groups excluding carboxylic acids is 1. The Kier molecular flexibility index (Phi) is 5.08.